The summed E-state index contributed by atoms with van der Waals surface area (Å²) < 4.78 is 5.30. The molecule has 0 radical (unpaired) electrons. The lowest BCUT2D eigenvalue weighted by Crippen LogP contribution is -2.39. The van der Waals surface area contributed by atoms with Gasteiger partial charge in [0.2, 0.25) is 0 Å². The molecule has 5 nitrogen and oxygen atoms in total. The summed E-state index contributed by atoms with van der Waals surface area (Å²) in [4.78, 5) is 17.3. The van der Waals surface area contributed by atoms with Crippen LogP contribution in [0.1, 0.15) is 0 Å². The molecule has 1 saturated heterocycles. The van der Waals surface area contributed by atoms with Crippen molar-refractivity contribution in [2.24, 2.45) is 4.99 Å². The molecular weight excluding hydrogens is 264 g/mol. The number of aliphatic imine (C=N–C) groups is 1. The van der Waals surface area contributed by atoms with Crippen LogP contribution in [0.3, 0.4) is 0 Å². The van der Waals surface area contributed by atoms with Gasteiger partial charge >= 0.3 is 5.97 Å². The minimum absolute atomic E-state index is 0.0169. The number of rotatable bonds is 3. The molecule has 0 spiro atoms. The number of morpholine rings is 1. The van der Waals surface area contributed by atoms with Crippen LogP contribution < -0.4 is 0 Å². The number of carbonyl (C=O) groups is 1. The molecule has 1 aromatic rings. The van der Waals surface area contributed by atoms with Gasteiger partial charge in [-0.2, -0.15) is 0 Å². The summed E-state index contributed by atoms with van der Waals surface area (Å²) in [6.07, 6.45) is 0. The number of thioether (sulfide) groups is 1. The van der Waals surface area contributed by atoms with E-state index in [2.05, 4.69) is 9.89 Å². The smallest absolute Gasteiger partial charge is 0.313 e. The minimum atomic E-state index is -0.834. The second-order valence-corrected chi connectivity index (χ2v) is 4.95. The van der Waals surface area contributed by atoms with E-state index in [1.807, 2.05) is 30.3 Å². The van der Waals surface area contributed by atoms with Gasteiger partial charge in [-0.15, -0.1) is 0 Å². The summed E-state index contributed by atoms with van der Waals surface area (Å²) in [5.74, 6) is -0.817. The average Bonchev–Trinajstić information content (AvgIpc) is 2.45. The van der Waals surface area contributed by atoms with Crippen LogP contribution in [-0.4, -0.2) is 53.2 Å². The van der Waals surface area contributed by atoms with Crippen molar-refractivity contribution < 1.29 is 14.6 Å². The first-order valence-electron chi connectivity index (χ1n) is 6.07. The molecule has 1 heterocycles. The van der Waals surface area contributed by atoms with Gasteiger partial charge in [0.1, 0.15) is 0 Å². The van der Waals surface area contributed by atoms with Crippen LogP contribution >= 0.6 is 11.8 Å². The number of benzene rings is 1. The van der Waals surface area contributed by atoms with Gasteiger partial charge in [-0.25, -0.2) is 4.99 Å². The second-order valence-electron chi connectivity index (χ2n) is 4.01. The Labute approximate surface area is 116 Å². The summed E-state index contributed by atoms with van der Waals surface area (Å²) in [5.41, 5.74) is 0.835. The Kier molecular flexibility index (Phi) is 5.23. The Balaban J connectivity index is 2.12. The number of amidine groups is 1. The average molecular weight is 280 g/mol. The Bertz CT molecular complexity index is 444. The largest absolute Gasteiger partial charge is 0.481 e. The first-order valence-corrected chi connectivity index (χ1v) is 7.05. The van der Waals surface area contributed by atoms with Crippen molar-refractivity contribution in [2.75, 3.05) is 32.1 Å². The molecule has 2 rings (SSSR count). The number of carboxylic acids is 1. The molecule has 0 aromatic heterocycles. The molecule has 0 bridgehead atoms. The fourth-order valence-electron chi connectivity index (χ4n) is 1.69. The number of carboxylic acid groups (broad SMARTS) is 1. The molecule has 1 N–H and O–H groups in total. The van der Waals surface area contributed by atoms with E-state index in [1.54, 1.807) is 0 Å². The van der Waals surface area contributed by atoms with Crippen LogP contribution in [0, 0.1) is 0 Å². The molecular formula is C13H16N2O3S. The quantitative estimate of drug-likeness (QED) is 0.676. The predicted octanol–water partition coefficient (Wildman–Crippen LogP) is 1.82. The molecule has 6 heteroatoms. The number of para-hydroxylation sites is 1. The predicted molar refractivity (Wildman–Crippen MR) is 76.0 cm³/mol. The molecule has 102 valence electrons. The lowest BCUT2D eigenvalue weighted by atomic mass is 10.3. The Morgan fingerprint density at radius 3 is 2.63 bits per heavy atom. The summed E-state index contributed by atoms with van der Waals surface area (Å²) in [5, 5.41) is 9.55. The van der Waals surface area contributed by atoms with Crippen molar-refractivity contribution >= 4 is 28.6 Å². The molecule has 0 amide bonds. The van der Waals surface area contributed by atoms with Crippen molar-refractivity contribution in [2.45, 2.75) is 0 Å². The zero-order chi connectivity index (χ0) is 13.5. The van der Waals surface area contributed by atoms with E-state index < -0.39 is 5.97 Å². The molecule has 1 aliphatic rings. The minimum Gasteiger partial charge on any atom is -0.481 e. The molecule has 1 aliphatic heterocycles. The molecule has 0 atom stereocenters. The van der Waals surface area contributed by atoms with Crippen LogP contribution in [0.5, 0.6) is 0 Å². The van der Waals surface area contributed by atoms with Crippen LogP contribution in [0.25, 0.3) is 0 Å². The standard InChI is InChI=1S/C13H16N2O3S/c16-12(17)10-19-13(15-6-8-18-9-7-15)14-11-4-2-1-3-5-11/h1-5H,6-10H2,(H,16,17). The third kappa shape index (κ3) is 4.57. The summed E-state index contributed by atoms with van der Waals surface area (Å²) >= 11 is 1.25. The fourth-order valence-corrected chi connectivity index (χ4v) is 2.48. The molecule has 0 aliphatic carbocycles. The second kappa shape index (κ2) is 7.16. The third-order valence-electron chi connectivity index (χ3n) is 2.59. The van der Waals surface area contributed by atoms with Gasteiger partial charge in [-0.3, -0.25) is 4.79 Å². The topological polar surface area (TPSA) is 62.1 Å². The van der Waals surface area contributed by atoms with Gasteiger partial charge in [-0.05, 0) is 12.1 Å². The van der Waals surface area contributed by atoms with Crippen molar-refractivity contribution in [1.82, 2.24) is 4.90 Å². The number of ether oxygens (including phenoxy) is 1. The third-order valence-corrected chi connectivity index (χ3v) is 3.59. The summed E-state index contributed by atoms with van der Waals surface area (Å²) in [7, 11) is 0. The number of hydrogen-bond acceptors (Lipinski definition) is 4. The number of nitrogens with zero attached hydrogens (tertiary/aromatic N) is 2. The fraction of sp³-hybridized carbons (Fsp3) is 0.385. The van der Waals surface area contributed by atoms with E-state index in [0.717, 1.165) is 23.9 Å². The lowest BCUT2D eigenvalue weighted by molar-refractivity contribution is -0.133. The Hall–Kier alpha value is -1.53. The highest BCUT2D eigenvalue weighted by atomic mass is 32.2. The van der Waals surface area contributed by atoms with E-state index in [-0.39, 0.29) is 5.75 Å². The van der Waals surface area contributed by atoms with E-state index >= 15 is 0 Å². The highest BCUT2D eigenvalue weighted by Gasteiger charge is 2.16. The van der Waals surface area contributed by atoms with Crippen molar-refractivity contribution in [3.63, 3.8) is 0 Å². The summed E-state index contributed by atoms with van der Waals surface area (Å²) in [6, 6.07) is 9.57. The monoisotopic (exact) mass is 280 g/mol. The zero-order valence-corrected chi connectivity index (χ0v) is 11.3. The van der Waals surface area contributed by atoms with Crippen LogP contribution in [-0.2, 0) is 9.53 Å². The van der Waals surface area contributed by atoms with E-state index in [9.17, 15) is 4.79 Å². The van der Waals surface area contributed by atoms with Gasteiger partial charge in [0.05, 0.1) is 24.7 Å². The number of hydrogen-bond donors (Lipinski definition) is 1. The van der Waals surface area contributed by atoms with Gasteiger partial charge in [0, 0.05) is 13.1 Å². The van der Waals surface area contributed by atoms with Crippen molar-refractivity contribution in [3.05, 3.63) is 30.3 Å². The summed E-state index contributed by atoms with van der Waals surface area (Å²) in [6.45, 7) is 2.81. The lowest BCUT2D eigenvalue weighted by Gasteiger charge is -2.29. The molecule has 19 heavy (non-hydrogen) atoms. The van der Waals surface area contributed by atoms with E-state index in [0.29, 0.717) is 13.2 Å². The van der Waals surface area contributed by atoms with Crippen molar-refractivity contribution in [3.8, 4) is 0 Å². The van der Waals surface area contributed by atoms with Gasteiger partial charge in [-0.1, -0.05) is 30.0 Å². The molecule has 1 aromatic carbocycles. The SMILES string of the molecule is O=C(O)CSC(=Nc1ccccc1)N1CCOCC1. The highest BCUT2D eigenvalue weighted by molar-refractivity contribution is 8.14. The molecule has 1 fully saturated rings. The highest BCUT2D eigenvalue weighted by Crippen LogP contribution is 2.18. The normalized spacial score (nSPS) is 16.4. The Morgan fingerprint density at radius 2 is 2.00 bits per heavy atom. The van der Waals surface area contributed by atoms with Crippen LogP contribution in [0.15, 0.2) is 35.3 Å². The van der Waals surface area contributed by atoms with Crippen molar-refractivity contribution in [1.29, 1.82) is 0 Å². The van der Waals surface area contributed by atoms with Crippen LogP contribution in [0.4, 0.5) is 5.69 Å². The first kappa shape index (κ1) is 13.9. The van der Waals surface area contributed by atoms with E-state index in [4.69, 9.17) is 9.84 Å². The Morgan fingerprint density at radius 1 is 1.32 bits per heavy atom. The molecule has 0 unspecified atom stereocenters. The van der Waals surface area contributed by atoms with Crippen LogP contribution in [0.2, 0.25) is 0 Å². The maximum absolute atomic E-state index is 10.7. The van der Waals surface area contributed by atoms with E-state index in [1.165, 1.54) is 11.8 Å². The maximum Gasteiger partial charge on any atom is 0.313 e. The first-order chi connectivity index (χ1) is 9.25. The maximum atomic E-state index is 10.7. The van der Waals surface area contributed by atoms with Gasteiger partial charge < -0.3 is 14.7 Å². The van der Waals surface area contributed by atoms with Gasteiger partial charge in [0.15, 0.2) is 5.17 Å². The number of aliphatic carboxylic acids is 1. The zero-order valence-electron chi connectivity index (χ0n) is 10.5. The molecule has 0 saturated carbocycles. The van der Waals surface area contributed by atoms with Gasteiger partial charge in [0.25, 0.3) is 0 Å².